The number of allylic oxidation sites excluding steroid dienone is 2. The van der Waals surface area contributed by atoms with Crippen LogP contribution >= 0.6 is 0 Å². The molecule has 1 aliphatic heterocycles. The summed E-state index contributed by atoms with van der Waals surface area (Å²) in [6.07, 6.45) is 10.8. The van der Waals surface area contributed by atoms with Gasteiger partial charge in [0.05, 0.1) is 37.2 Å². The number of unbranched alkanes of at least 4 members (excludes halogenated alkanes) is 5. The molecule has 1 fully saturated rings. The van der Waals surface area contributed by atoms with Crippen LogP contribution in [0.1, 0.15) is 94.6 Å². The second-order valence-corrected chi connectivity index (χ2v) is 13.9. The molecule has 6 atom stereocenters. The molecule has 1 aromatic carbocycles. The van der Waals surface area contributed by atoms with E-state index in [9.17, 15) is 29.7 Å². The highest BCUT2D eigenvalue weighted by atomic mass is 16.7. The minimum Gasteiger partial charge on any atom is -0.403 e. The van der Waals surface area contributed by atoms with Crippen LogP contribution in [-0.4, -0.2) is 106 Å². The normalized spacial score (nSPS) is 18.5. The Kier molecular flexibility index (Phi) is 18.5. The number of carbonyl (C=O) groups excluding carboxylic acids is 3. The van der Waals surface area contributed by atoms with E-state index in [1.165, 1.54) is 23.5 Å². The van der Waals surface area contributed by atoms with Gasteiger partial charge < -0.3 is 34.8 Å². The lowest BCUT2D eigenvalue weighted by atomic mass is 9.65. The van der Waals surface area contributed by atoms with Gasteiger partial charge in [0.15, 0.2) is 5.78 Å². The summed E-state index contributed by atoms with van der Waals surface area (Å²) in [6, 6.07) is 8.47. The molecule has 0 saturated carbocycles. The third-order valence-corrected chi connectivity index (χ3v) is 9.13. The first-order valence-electron chi connectivity index (χ1n) is 18.3. The molecule has 0 bridgehead atoms. The molecule has 0 aliphatic carbocycles. The van der Waals surface area contributed by atoms with Crippen LogP contribution in [0.15, 0.2) is 61.1 Å². The molecule has 4 N–H and O–H groups in total. The highest BCUT2D eigenvalue weighted by Gasteiger charge is 2.50. The van der Waals surface area contributed by atoms with Gasteiger partial charge in [0, 0.05) is 44.6 Å². The maximum absolute atomic E-state index is 14.0. The van der Waals surface area contributed by atoms with Crippen LogP contribution in [0, 0.1) is 5.92 Å². The summed E-state index contributed by atoms with van der Waals surface area (Å²) in [5.74, 6) is -1.26. The van der Waals surface area contributed by atoms with Gasteiger partial charge in [-0.3, -0.25) is 19.4 Å². The van der Waals surface area contributed by atoms with Crippen molar-refractivity contribution >= 4 is 24.7 Å². The molecule has 2 aromatic rings. The average molecular weight is 709 g/mol. The van der Waals surface area contributed by atoms with E-state index in [0.29, 0.717) is 12.8 Å². The van der Waals surface area contributed by atoms with Crippen molar-refractivity contribution in [1.29, 1.82) is 0 Å². The number of hydrogen-bond acceptors (Lipinski definition) is 10. The van der Waals surface area contributed by atoms with Gasteiger partial charge in [-0.1, -0.05) is 75.6 Å². The summed E-state index contributed by atoms with van der Waals surface area (Å²) in [5, 5.41) is 34.7. The molecule has 2 amide bonds. The largest absolute Gasteiger partial charge is 0.461 e. The lowest BCUT2D eigenvalue weighted by Crippen LogP contribution is -2.48. The highest BCUT2D eigenvalue weighted by molar-refractivity contribution is 6.47. The number of carbonyl (C=O) groups is 3. The van der Waals surface area contributed by atoms with E-state index in [4.69, 9.17) is 9.31 Å². The zero-order valence-electron chi connectivity index (χ0n) is 30.6. The van der Waals surface area contributed by atoms with Gasteiger partial charge >= 0.3 is 7.12 Å². The van der Waals surface area contributed by atoms with Gasteiger partial charge in [0.1, 0.15) is 11.8 Å². The van der Waals surface area contributed by atoms with E-state index in [1.54, 1.807) is 7.05 Å². The van der Waals surface area contributed by atoms with Gasteiger partial charge in [-0.2, -0.15) is 0 Å². The number of aromatic nitrogens is 2. The van der Waals surface area contributed by atoms with Crippen molar-refractivity contribution in [2.24, 2.45) is 5.92 Å². The molecule has 1 aliphatic rings. The van der Waals surface area contributed by atoms with E-state index in [1.807, 2.05) is 51.1 Å². The van der Waals surface area contributed by atoms with Crippen LogP contribution in [-0.2, 0) is 25.3 Å². The second-order valence-electron chi connectivity index (χ2n) is 13.9. The van der Waals surface area contributed by atoms with Crippen LogP contribution < -0.4 is 5.32 Å². The number of amides is 2. The Bertz CT molecular complexity index is 1350. The number of benzene rings is 1. The summed E-state index contributed by atoms with van der Waals surface area (Å²) in [5.41, 5.74) is 0.943. The Morgan fingerprint density at radius 3 is 2.33 bits per heavy atom. The van der Waals surface area contributed by atoms with Crippen LogP contribution in [0.25, 0.3) is 0 Å². The fourth-order valence-electron chi connectivity index (χ4n) is 6.40. The van der Waals surface area contributed by atoms with E-state index in [2.05, 4.69) is 27.4 Å². The Hall–Kier alpha value is -3.49. The summed E-state index contributed by atoms with van der Waals surface area (Å²) in [7, 11) is 0.625. The summed E-state index contributed by atoms with van der Waals surface area (Å²) in [4.78, 5) is 49.5. The van der Waals surface area contributed by atoms with Gasteiger partial charge in [-0.25, -0.2) is 4.98 Å². The molecular formula is C38H57BN4O8. The number of ketones is 1. The van der Waals surface area contributed by atoms with Crippen molar-refractivity contribution < 1.29 is 39.0 Å². The summed E-state index contributed by atoms with van der Waals surface area (Å²) >= 11 is 0. The number of aliphatic hydroxyl groups is 3. The Morgan fingerprint density at radius 2 is 1.69 bits per heavy atom. The zero-order chi connectivity index (χ0) is 37.2. The van der Waals surface area contributed by atoms with Gasteiger partial charge in [0.2, 0.25) is 5.91 Å². The van der Waals surface area contributed by atoms with Crippen LogP contribution in [0.2, 0.25) is 5.82 Å². The standard InChI is InChI=1S/C38H57BN4O8/c1-5-6-7-8-9-10-11-15-18-35(48)43(4)25-33(46)36-37(34(47)26-44)51-39(50-36)29(21-27(2)3)23-32(45)30(22-28-16-13-12-14-17-28)42-38(49)31-24-40-19-20-41-31/h5-6,12-14,16-17,19-20,24,27,29-30,33-34,36-37,44,46-47H,7-11,15,18,21-23,25-26H2,1-4H3,(H,42,49)/b6-5-/t29-,30+,33?,34?,36-,37-/m1/s1. The SMILES string of the molecule is C/C=C\CCCCCCCC(=O)N(C)CC(O)[C@H]1OB([C@@H](CC(=O)[C@H](Cc2ccccc2)NC(=O)c2cnccn2)CC(C)C)O[C@@H]1C(O)CO. The van der Waals surface area contributed by atoms with Crippen LogP contribution in [0.5, 0.6) is 0 Å². The molecule has 0 spiro atoms. The predicted molar refractivity (Wildman–Crippen MR) is 196 cm³/mol. The second kappa shape index (κ2) is 22.5. The molecular weight excluding hydrogens is 651 g/mol. The smallest absolute Gasteiger partial charge is 0.403 e. The molecule has 2 unspecified atom stereocenters. The lowest BCUT2D eigenvalue weighted by Gasteiger charge is -2.29. The fraction of sp³-hybridized carbons (Fsp3) is 0.605. The number of nitrogens with zero attached hydrogens (tertiary/aromatic N) is 3. The third-order valence-electron chi connectivity index (χ3n) is 9.13. The summed E-state index contributed by atoms with van der Waals surface area (Å²) in [6.45, 7) is 5.33. The topological polar surface area (TPSA) is 171 Å². The molecule has 1 aromatic heterocycles. The molecule has 1 saturated heterocycles. The van der Waals surface area contributed by atoms with E-state index >= 15 is 0 Å². The first kappa shape index (κ1) is 41.9. The van der Waals surface area contributed by atoms with Crippen molar-refractivity contribution in [2.45, 2.75) is 121 Å². The Morgan fingerprint density at radius 1 is 1.00 bits per heavy atom. The molecule has 3 rings (SSSR count). The first-order chi connectivity index (χ1) is 24.5. The maximum Gasteiger partial charge on any atom is 0.461 e. The number of likely N-dealkylation sites (N-methyl/N-ethyl adjacent to an activating group) is 1. The minimum absolute atomic E-state index is 0.0282. The molecule has 51 heavy (non-hydrogen) atoms. The van der Waals surface area contributed by atoms with Crippen molar-refractivity contribution in [3.05, 3.63) is 72.3 Å². The van der Waals surface area contributed by atoms with Gasteiger partial charge in [-0.05, 0) is 50.5 Å². The van der Waals surface area contributed by atoms with Crippen molar-refractivity contribution in [3.8, 4) is 0 Å². The lowest BCUT2D eigenvalue weighted by molar-refractivity contribution is -0.132. The Balaban J connectivity index is 1.68. The minimum atomic E-state index is -1.36. The van der Waals surface area contributed by atoms with Crippen molar-refractivity contribution in [2.75, 3.05) is 20.2 Å². The van der Waals surface area contributed by atoms with Crippen LogP contribution in [0.3, 0.4) is 0 Å². The number of Topliss-reactive ketones (excluding diaryl/α,β-unsaturated/α-hetero) is 1. The average Bonchev–Trinajstić information content (AvgIpc) is 3.58. The fourth-order valence-corrected chi connectivity index (χ4v) is 6.40. The quantitative estimate of drug-likeness (QED) is 0.0753. The monoisotopic (exact) mass is 708 g/mol. The van der Waals surface area contributed by atoms with Crippen molar-refractivity contribution in [3.63, 3.8) is 0 Å². The van der Waals surface area contributed by atoms with Gasteiger partial charge in [-0.15, -0.1) is 0 Å². The number of nitrogens with one attached hydrogen (secondary N) is 1. The first-order valence-corrected chi connectivity index (χ1v) is 18.3. The van der Waals surface area contributed by atoms with E-state index < -0.39 is 55.9 Å². The molecule has 2 heterocycles. The van der Waals surface area contributed by atoms with Crippen LogP contribution in [0.4, 0.5) is 0 Å². The Labute approximate surface area is 303 Å². The molecule has 0 radical (unpaired) electrons. The number of aliphatic hydroxyl groups excluding tert-OH is 3. The molecule has 280 valence electrons. The number of hydrogen-bond donors (Lipinski definition) is 4. The van der Waals surface area contributed by atoms with E-state index in [-0.39, 0.29) is 42.7 Å². The van der Waals surface area contributed by atoms with E-state index in [0.717, 1.165) is 44.1 Å². The molecule has 13 heteroatoms. The van der Waals surface area contributed by atoms with Gasteiger partial charge in [0.25, 0.3) is 5.91 Å². The molecule has 12 nitrogen and oxygen atoms in total. The summed E-state index contributed by atoms with van der Waals surface area (Å²) < 4.78 is 12.4. The number of rotatable bonds is 23. The zero-order valence-corrected chi connectivity index (χ0v) is 30.6. The third kappa shape index (κ3) is 14.2. The van der Waals surface area contributed by atoms with Crippen molar-refractivity contribution in [1.82, 2.24) is 20.2 Å². The maximum atomic E-state index is 14.0. The highest BCUT2D eigenvalue weighted by Crippen LogP contribution is 2.35. The predicted octanol–water partition coefficient (Wildman–Crippen LogP) is 3.94.